The number of nitrogens with zero attached hydrogens (tertiary/aromatic N) is 4. The molecule has 7 heteroatoms. The van der Waals surface area contributed by atoms with Gasteiger partial charge in [0.05, 0.1) is 5.69 Å². The number of halogens is 1. The first kappa shape index (κ1) is 16.5. The Labute approximate surface area is 133 Å². The average Bonchev–Trinajstić information content (AvgIpc) is 2.94. The van der Waals surface area contributed by atoms with Crippen LogP contribution in [0.15, 0.2) is 0 Å². The number of aryl methyl sites for hydroxylation is 3. The molecule has 0 aliphatic rings. The number of aromatic nitrogens is 4. The molecule has 2 aromatic rings. The first-order valence-electron chi connectivity index (χ1n) is 7.29. The summed E-state index contributed by atoms with van der Waals surface area (Å²) in [5.41, 5.74) is 2.97. The SMILES string of the molecule is CCn1nc(C)c2nc(CCCl)n(C(C)CCS(C)=O)c21. The molecule has 2 rings (SSSR count). The molecule has 0 aliphatic heterocycles. The smallest absolute Gasteiger partial charge is 0.159 e. The van der Waals surface area contributed by atoms with Gasteiger partial charge in [-0.1, -0.05) is 0 Å². The molecule has 0 aliphatic carbocycles. The summed E-state index contributed by atoms with van der Waals surface area (Å²) < 4.78 is 15.6. The van der Waals surface area contributed by atoms with Crippen LogP contribution in [0.5, 0.6) is 0 Å². The van der Waals surface area contributed by atoms with E-state index < -0.39 is 10.8 Å². The van der Waals surface area contributed by atoms with Crippen LogP contribution in [0.4, 0.5) is 0 Å². The molecule has 118 valence electrons. The molecule has 0 bridgehead atoms. The van der Waals surface area contributed by atoms with Crippen molar-refractivity contribution < 1.29 is 4.21 Å². The van der Waals surface area contributed by atoms with E-state index in [-0.39, 0.29) is 6.04 Å². The molecule has 0 saturated carbocycles. The summed E-state index contributed by atoms with van der Waals surface area (Å²) in [5, 5.41) is 4.55. The summed E-state index contributed by atoms with van der Waals surface area (Å²) in [6.45, 7) is 7.02. The maximum atomic E-state index is 11.4. The van der Waals surface area contributed by atoms with E-state index in [1.807, 2.05) is 11.6 Å². The largest absolute Gasteiger partial charge is 0.310 e. The molecule has 0 saturated heterocycles. The molecule has 2 atom stereocenters. The molecule has 0 aromatic carbocycles. The lowest BCUT2D eigenvalue weighted by molar-refractivity contribution is 0.507. The van der Waals surface area contributed by atoms with Crippen LogP contribution in [0.1, 0.15) is 37.8 Å². The lowest BCUT2D eigenvalue weighted by Crippen LogP contribution is -2.15. The Bertz CT molecular complexity index is 649. The van der Waals surface area contributed by atoms with Crippen LogP contribution in [0.2, 0.25) is 0 Å². The van der Waals surface area contributed by atoms with Crippen molar-refractivity contribution in [3.8, 4) is 0 Å². The molecule has 2 aromatic heterocycles. The van der Waals surface area contributed by atoms with Crippen molar-refractivity contribution in [3.05, 3.63) is 11.5 Å². The molecule has 2 unspecified atom stereocenters. The van der Waals surface area contributed by atoms with Gasteiger partial charge in [-0.2, -0.15) is 5.10 Å². The molecule has 0 fully saturated rings. The zero-order chi connectivity index (χ0) is 15.6. The van der Waals surface area contributed by atoms with E-state index in [9.17, 15) is 4.21 Å². The summed E-state index contributed by atoms with van der Waals surface area (Å²) >= 11 is 5.92. The van der Waals surface area contributed by atoms with Gasteiger partial charge in [0.15, 0.2) is 5.65 Å². The third-order valence-electron chi connectivity index (χ3n) is 3.70. The predicted molar refractivity (Wildman–Crippen MR) is 88.6 cm³/mol. The van der Waals surface area contributed by atoms with E-state index in [0.717, 1.165) is 42.1 Å². The lowest BCUT2D eigenvalue weighted by Gasteiger charge is -2.17. The minimum atomic E-state index is -0.776. The number of alkyl halides is 1. The van der Waals surface area contributed by atoms with Gasteiger partial charge >= 0.3 is 0 Å². The molecular formula is C14H23ClN4OS. The lowest BCUT2D eigenvalue weighted by atomic mass is 10.2. The standard InChI is InChI=1S/C14H23ClN4OS/c1-5-18-14-13(11(3)17-18)16-12(6-8-15)19(14)10(2)7-9-21(4)20/h10H,5-9H2,1-4H3. The van der Waals surface area contributed by atoms with Crippen molar-refractivity contribution in [1.29, 1.82) is 0 Å². The van der Waals surface area contributed by atoms with Crippen molar-refractivity contribution in [3.63, 3.8) is 0 Å². The quantitative estimate of drug-likeness (QED) is 0.733. The van der Waals surface area contributed by atoms with Crippen LogP contribution >= 0.6 is 11.6 Å². The predicted octanol–water partition coefficient (Wildman–Crippen LogP) is 2.67. The van der Waals surface area contributed by atoms with E-state index in [0.29, 0.717) is 11.6 Å². The topological polar surface area (TPSA) is 52.7 Å². The highest BCUT2D eigenvalue weighted by Gasteiger charge is 2.21. The van der Waals surface area contributed by atoms with E-state index in [2.05, 4.69) is 23.5 Å². The third-order valence-corrected chi connectivity index (χ3v) is 4.70. The zero-order valence-corrected chi connectivity index (χ0v) is 14.7. The highest BCUT2D eigenvalue weighted by Crippen LogP contribution is 2.26. The van der Waals surface area contributed by atoms with Gasteiger partial charge in [0.2, 0.25) is 0 Å². The van der Waals surface area contributed by atoms with Crippen LogP contribution in [0.25, 0.3) is 11.2 Å². The Morgan fingerprint density at radius 2 is 2.14 bits per heavy atom. The van der Waals surface area contributed by atoms with Crippen LogP contribution < -0.4 is 0 Å². The van der Waals surface area contributed by atoms with E-state index in [4.69, 9.17) is 16.6 Å². The summed E-state index contributed by atoms with van der Waals surface area (Å²) in [4.78, 5) is 4.74. The van der Waals surface area contributed by atoms with Crippen LogP contribution in [0.3, 0.4) is 0 Å². The molecule has 0 spiro atoms. The van der Waals surface area contributed by atoms with Crippen molar-refractivity contribution in [2.75, 3.05) is 17.9 Å². The number of fused-ring (bicyclic) bond motifs is 1. The monoisotopic (exact) mass is 330 g/mol. The molecule has 5 nitrogen and oxygen atoms in total. The van der Waals surface area contributed by atoms with Crippen molar-refractivity contribution in [2.45, 2.75) is 46.2 Å². The summed E-state index contributed by atoms with van der Waals surface area (Å²) in [6.07, 6.45) is 3.34. The van der Waals surface area contributed by atoms with Crippen molar-refractivity contribution >= 4 is 33.6 Å². The first-order chi connectivity index (χ1) is 9.99. The van der Waals surface area contributed by atoms with Crippen LogP contribution in [0, 0.1) is 6.92 Å². The number of imidazole rings is 1. The van der Waals surface area contributed by atoms with Gasteiger partial charge < -0.3 is 4.57 Å². The van der Waals surface area contributed by atoms with Gasteiger partial charge in [-0.05, 0) is 27.2 Å². The summed E-state index contributed by atoms with van der Waals surface area (Å²) in [6, 6.07) is 0.235. The number of rotatable bonds is 7. The fourth-order valence-electron chi connectivity index (χ4n) is 2.64. The molecular weight excluding hydrogens is 308 g/mol. The fraction of sp³-hybridized carbons (Fsp3) is 0.714. The van der Waals surface area contributed by atoms with Crippen LogP contribution in [-0.4, -0.2) is 41.4 Å². The van der Waals surface area contributed by atoms with Gasteiger partial charge in [0.25, 0.3) is 0 Å². The fourth-order valence-corrected chi connectivity index (χ4v) is 3.49. The molecule has 0 N–H and O–H groups in total. The molecule has 0 radical (unpaired) electrons. The highest BCUT2D eigenvalue weighted by atomic mass is 35.5. The maximum Gasteiger partial charge on any atom is 0.159 e. The maximum absolute atomic E-state index is 11.4. The first-order valence-corrected chi connectivity index (χ1v) is 9.55. The Morgan fingerprint density at radius 3 is 2.71 bits per heavy atom. The molecule has 2 heterocycles. The Morgan fingerprint density at radius 1 is 1.43 bits per heavy atom. The zero-order valence-electron chi connectivity index (χ0n) is 13.1. The highest BCUT2D eigenvalue weighted by molar-refractivity contribution is 7.84. The van der Waals surface area contributed by atoms with Crippen LogP contribution in [-0.2, 0) is 23.8 Å². The number of hydrogen-bond donors (Lipinski definition) is 0. The van der Waals surface area contributed by atoms with E-state index in [1.54, 1.807) is 6.26 Å². The minimum Gasteiger partial charge on any atom is -0.310 e. The van der Waals surface area contributed by atoms with Crippen molar-refractivity contribution in [1.82, 2.24) is 19.3 Å². The third kappa shape index (κ3) is 3.31. The normalized spacial score (nSPS) is 14.7. The second kappa shape index (κ2) is 6.92. The second-order valence-corrected chi connectivity index (χ2v) is 7.26. The molecule has 21 heavy (non-hydrogen) atoms. The van der Waals surface area contributed by atoms with Gasteiger partial charge in [-0.3, -0.25) is 4.21 Å². The summed E-state index contributed by atoms with van der Waals surface area (Å²) in [5.74, 6) is 2.24. The Balaban J connectivity index is 2.51. The Kier molecular flexibility index (Phi) is 5.43. The van der Waals surface area contributed by atoms with E-state index >= 15 is 0 Å². The Hall–Kier alpha value is -0.880. The number of hydrogen-bond acceptors (Lipinski definition) is 3. The van der Waals surface area contributed by atoms with Gasteiger partial charge in [-0.15, -0.1) is 11.6 Å². The summed E-state index contributed by atoms with van der Waals surface area (Å²) in [7, 11) is -0.776. The van der Waals surface area contributed by atoms with E-state index in [1.165, 1.54) is 0 Å². The average molecular weight is 331 g/mol. The minimum absolute atomic E-state index is 0.235. The van der Waals surface area contributed by atoms with Crippen molar-refractivity contribution in [2.24, 2.45) is 0 Å². The van der Waals surface area contributed by atoms with Gasteiger partial charge in [-0.25, -0.2) is 9.67 Å². The second-order valence-electron chi connectivity index (χ2n) is 5.33. The van der Waals surface area contributed by atoms with Gasteiger partial charge in [0.1, 0.15) is 11.3 Å². The van der Waals surface area contributed by atoms with Gasteiger partial charge in [0, 0.05) is 47.7 Å². The molecule has 0 amide bonds.